The number of hydrogen-bond donors (Lipinski definition) is 1. The van der Waals surface area contributed by atoms with Crippen LogP contribution in [-0.4, -0.2) is 29.2 Å². The van der Waals surface area contributed by atoms with Gasteiger partial charge in [-0.25, -0.2) is 0 Å². The molecule has 1 atom stereocenters. The van der Waals surface area contributed by atoms with Crippen LogP contribution in [0.1, 0.15) is 60.8 Å². The zero-order valence-electron chi connectivity index (χ0n) is 14.6. The summed E-state index contributed by atoms with van der Waals surface area (Å²) >= 11 is 0. The van der Waals surface area contributed by atoms with E-state index in [1.807, 2.05) is 41.5 Å². The van der Waals surface area contributed by atoms with Gasteiger partial charge < -0.3 is 9.84 Å². The third-order valence-corrected chi connectivity index (χ3v) is 3.00. The van der Waals surface area contributed by atoms with E-state index >= 15 is 0 Å². The summed E-state index contributed by atoms with van der Waals surface area (Å²) in [7, 11) is 0. The summed E-state index contributed by atoms with van der Waals surface area (Å²) in [6, 6.07) is 0. The Kier molecular flexibility index (Phi) is 10.0. The summed E-state index contributed by atoms with van der Waals surface area (Å²) < 4.78 is 4.42. The Bertz CT molecular complexity index is 446. The van der Waals surface area contributed by atoms with Crippen LogP contribution in [0.2, 0.25) is 0 Å². The Morgan fingerprint density at radius 3 is 1.74 bits per heavy atom. The highest BCUT2D eigenvalue weighted by Crippen LogP contribution is 2.33. The molecule has 1 aliphatic heterocycles. The van der Waals surface area contributed by atoms with E-state index in [-0.39, 0.29) is 41.7 Å². The maximum absolute atomic E-state index is 11.0. The Balaban J connectivity index is 0. The van der Waals surface area contributed by atoms with Crippen molar-refractivity contribution in [2.45, 2.75) is 60.8 Å². The third-order valence-electron chi connectivity index (χ3n) is 3.00. The number of hydrogen-bond acceptors (Lipinski definition) is 6. The molecular weight excluding hydrogens is 304 g/mol. The Hall–Kier alpha value is -2.01. The van der Waals surface area contributed by atoms with E-state index in [4.69, 9.17) is 14.7 Å². The van der Waals surface area contributed by atoms with Crippen molar-refractivity contribution in [1.82, 2.24) is 0 Å². The van der Waals surface area contributed by atoms with Gasteiger partial charge in [0.1, 0.15) is 0 Å². The number of carbonyl (C=O) groups excluding carboxylic acids is 4. The minimum atomic E-state index is -0.704. The highest BCUT2D eigenvalue weighted by molar-refractivity contribution is 5.95. The molecule has 1 heterocycles. The van der Waals surface area contributed by atoms with Crippen LogP contribution in [0, 0.1) is 16.7 Å². The molecule has 1 N–H and O–H groups in total. The van der Waals surface area contributed by atoms with Gasteiger partial charge in [-0.2, -0.15) is 9.59 Å². The minimum Gasteiger partial charge on any atom is -0.481 e. The largest absolute Gasteiger partial charge is 0.481 e. The van der Waals surface area contributed by atoms with Crippen molar-refractivity contribution in [3.8, 4) is 0 Å². The third kappa shape index (κ3) is 13.4. The summed E-state index contributed by atoms with van der Waals surface area (Å²) in [5.74, 6) is -1.72. The quantitative estimate of drug-likeness (QED) is 0.610. The van der Waals surface area contributed by atoms with Crippen molar-refractivity contribution in [1.29, 1.82) is 0 Å². The average Bonchev–Trinajstić information content (AvgIpc) is 2.67. The zero-order valence-corrected chi connectivity index (χ0v) is 14.6. The van der Waals surface area contributed by atoms with Crippen LogP contribution in [0.15, 0.2) is 0 Å². The standard InChI is InChI=1S/C8H12O3.C7H14O2.CO2/c1-8(2,3)5-4-6(9)11-7(5)10;1-7(2,3)5-4-6(8)9;2-1-3/h5H,4H2,1-3H3;4-5H2,1-3H3,(H,8,9);. The molecular formula is C16H26O7. The number of ether oxygens (including phenoxy) is 1. The number of carboxylic acids is 1. The SMILES string of the molecule is CC(C)(C)C1CC(=O)OC1=O.CC(C)(C)CCC(=O)O.O=C=O. The molecule has 0 radical (unpaired) electrons. The van der Waals surface area contributed by atoms with Gasteiger partial charge in [-0.15, -0.1) is 0 Å². The lowest BCUT2D eigenvalue weighted by atomic mass is 9.80. The molecule has 1 saturated heterocycles. The van der Waals surface area contributed by atoms with Gasteiger partial charge in [0.25, 0.3) is 0 Å². The fraction of sp³-hybridized carbons (Fsp3) is 0.750. The molecule has 7 nitrogen and oxygen atoms in total. The number of carbonyl (C=O) groups is 3. The highest BCUT2D eigenvalue weighted by Gasteiger charge is 2.41. The van der Waals surface area contributed by atoms with Crippen molar-refractivity contribution in [3.63, 3.8) is 0 Å². The zero-order chi connectivity index (χ0) is 18.8. The van der Waals surface area contributed by atoms with E-state index in [1.54, 1.807) is 0 Å². The van der Waals surface area contributed by atoms with Crippen molar-refractivity contribution >= 4 is 24.1 Å². The lowest BCUT2D eigenvalue weighted by Crippen LogP contribution is -2.24. The molecule has 7 heteroatoms. The second-order valence-electron chi connectivity index (χ2n) is 7.45. The monoisotopic (exact) mass is 330 g/mol. The predicted molar refractivity (Wildman–Crippen MR) is 80.0 cm³/mol. The van der Waals surface area contributed by atoms with Gasteiger partial charge in [0.15, 0.2) is 0 Å². The molecule has 0 amide bonds. The van der Waals surface area contributed by atoms with Gasteiger partial charge >= 0.3 is 24.1 Å². The first kappa shape index (κ1) is 23.3. The van der Waals surface area contributed by atoms with Crippen LogP contribution in [0.3, 0.4) is 0 Å². The minimum absolute atomic E-state index is 0.151. The van der Waals surface area contributed by atoms with E-state index in [0.29, 0.717) is 0 Å². The average molecular weight is 330 g/mol. The van der Waals surface area contributed by atoms with Crippen LogP contribution in [0.5, 0.6) is 0 Å². The molecule has 0 aromatic carbocycles. The summed E-state index contributed by atoms with van der Waals surface area (Å²) in [5.41, 5.74) is -0.0123. The van der Waals surface area contributed by atoms with Gasteiger partial charge in [0, 0.05) is 6.42 Å². The fourth-order valence-corrected chi connectivity index (χ4v) is 1.62. The lowest BCUT2D eigenvalue weighted by molar-refractivity contribution is -0.191. The number of rotatable bonds is 2. The maximum atomic E-state index is 11.0. The van der Waals surface area contributed by atoms with E-state index in [1.165, 1.54) is 0 Å². The first-order chi connectivity index (χ1) is 10.2. The number of carboxylic acid groups (broad SMARTS) is 1. The van der Waals surface area contributed by atoms with Gasteiger partial charge in [-0.05, 0) is 17.3 Å². The second kappa shape index (κ2) is 9.90. The first-order valence-corrected chi connectivity index (χ1v) is 7.20. The van der Waals surface area contributed by atoms with Gasteiger partial charge in [-0.1, -0.05) is 41.5 Å². The number of cyclic esters (lactones) is 2. The summed E-state index contributed by atoms with van der Waals surface area (Å²) in [6.45, 7) is 11.9. The van der Waals surface area contributed by atoms with E-state index in [0.717, 1.165) is 6.42 Å². The predicted octanol–water partition coefficient (Wildman–Crippen LogP) is 2.44. The highest BCUT2D eigenvalue weighted by atomic mass is 16.6. The van der Waals surface area contributed by atoms with Crippen molar-refractivity contribution in [3.05, 3.63) is 0 Å². The van der Waals surface area contributed by atoms with Gasteiger partial charge in [0.05, 0.1) is 12.3 Å². The van der Waals surface area contributed by atoms with Crippen LogP contribution in [0.4, 0.5) is 0 Å². The first-order valence-electron chi connectivity index (χ1n) is 7.20. The Morgan fingerprint density at radius 1 is 1.17 bits per heavy atom. The van der Waals surface area contributed by atoms with Crippen LogP contribution in [-0.2, 0) is 28.7 Å². The normalized spacial score (nSPS) is 17.0. The topological polar surface area (TPSA) is 115 Å². The summed E-state index contributed by atoms with van der Waals surface area (Å²) in [5, 5.41) is 8.28. The molecule has 1 unspecified atom stereocenters. The Labute approximate surface area is 136 Å². The lowest BCUT2D eigenvalue weighted by Gasteiger charge is -2.21. The van der Waals surface area contributed by atoms with Crippen molar-refractivity contribution < 1.29 is 33.8 Å². The molecule has 1 aliphatic rings. The van der Waals surface area contributed by atoms with E-state index in [2.05, 4.69) is 4.74 Å². The molecule has 0 aromatic heterocycles. The van der Waals surface area contributed by atoms with Crippen molar-refractivity contribution in [2.24, 2.45) is 16.7 Å². The van der Waals surface area contributed by atoms with E-state index < -0.39 is 11.9 Å². The van der Waals surface area contributed by atoms with Crippen molar-refractivity contribution in [2.75, 3.05) is 0 Å². The fourth-order valence-electron chi connectivity index (χ4n) is 1.62. The summed E-state index contributed by atoms with van der Waals surface area (Å²) in [4.78, 5) is 48.0. The molecule has 0 spiro atoms. The van der Waals surface area contributed by atoms with Gasteiger partial charge in [0.2, 0.25) is 0 Å². The Morgan fingerprint density at radius 2 is 1.61 bits per heavy atom. The smallest absolute Gasteiger partial charge is 0.373 e. The van der Waals surface area contributed by atoms with Gasteiger partial charge in [-0.3, -0.25) is 14.4 Å². The van der Waals surface area contributed by atoms with Crippen LogP contribution in [0.25, 0.3) is 0 Å². The number of esters is 2. The van der Waals surface area contributed by atoms with Crippen LogP contribution < -0.4 is 0 Å². The number of aliphatic carboxylic acids is 1. The molecule has 1 fully saturated rings. The molecule has 23 heavy (non-hydrogen) atoms. The second-order valence-corrected chi connectivity index (χ2v) is 7.45. The molecule has 132 valence electrons. The molecule has 0 bridgehead atoms. The molecule has 0 saturated carbocycles. The maximum Gasteiger partial charge on any atom is 0.373 e. The molecule has 1 rings (SSSR count). The molecule has 0 aliphatic carbocycles. The summed E-state index contributed by atoms with van der Waals surface area (Å²) in [6.07, 6.45) is 1.52. The van der Waals surface area contributed by atoms with E-state index in [9.17, 15) is 14.4 Å². The van der Waals surface area contributed by atoms with Crippen LogP contribution >= 0.6 is 0 Å². The molecule has 0 aromatic rings.